The summed E-state index contributed by atoms with van der Waals surface area (Å²) >= 11 is 0. The van der Waals surface area contributed by atoms with E-state index in [1.807, 2.05) is 30.3 Å². The van der Waals surface area contributed by atoms with Crippen LogP contribution in [0.1, 0.15) is 40.2 Å². The minimum atomic E-state index is 0.0268. The van der Waals surface area contributed by atoms with Crippen LogP contribution in [0.3, 0.4) is 0 Å². The number of benzene rings is 6. The molecule has 0 amide bonds. The van der Waals surface area contributed by atoms with Crippen molar-refractivity contribution in [3.05, 3.63) is 172 Å². The number of allylic oxidation sites excluding steroid dienone is 7. The van der Waals surface area contributed by atoms with E-state index in [0.717, 1.165) is 66.4 Å². The molecule has 0 aromatic heterocycles. The first-order valence-electron chi connectivity index (χ1n) is 16.4. The molecule has 228 valence electrons. The predicted molar refractivity (Wildman–Crippen MR) is 198 cm³/mol. The third kappa shape index (κ3) is 4.28. The topological polar surface area (TPSA) is 95.2 Å². The summed E-state index contributed by atoms with van der Waals surface area (Å²) < 4.78 is 0. The quantitative estimate of drug-likeness (QED) is 0.177. The van der Waals surface area contributed by atoms with Gasteiger partial charge in [-0.3, -0.25) is 0 Å². The SMILES string of the molecule is N#CC(C#N)=C1C2=C(C=CC(c3ccc4ccccc4c3)C2)c2cc3c(cc21)C(=C(C#N)C#N)c1cc(-c2ccc4ccccc4c2)ccc1-3. The average Bonchev–Trinajstić information content (AvgIpc) is 3.65. The van der Waals surface area contributed by atoms with Crippen molar-refractivity contribution >= 4 is 38.3 Å². The van der Waals surface area contributed by atoms with Gasteiger partial charge < -0.3 is 0 Å². The monoisotopic (exact) mass is 632 g/mol. The lowest BCUT2D eigenvalue weighted by molar-refractivity contribution is 0.839. The summed E-state index contributed by atoms with van der Waals surface area (Å²) in [5.41, 5.74) is 11.7. The van der Waals surface area contributed by atoms with Crippen molar-refractivity contribution in [3.63, 3.8) is 0 Å². The van der Waals surface area contributed by atoms with Crippen molar-refractivity contribution in [1.29, 1.82) is 21.0 Å². The molecule has 9 rings (SSSR count). The molecule has 1 atom stereocenters. The Morgan fingerprint density at radius 2 is 1.04 bits per heavy atom. The van der Waals surface area contributed by atoms with E-state index in [0.29, 0.717) is 17.6 Å². The molecular formula is C46H24N4. The third-order valence-electron chi connectivity index (χ3n) is 10.3. The van der Waals surface area contributed by atoms with E-state index in [1.54, 1.807) is 0 Å². The minimum Gasteiger partial charge on any atom is -0.192 e. The van der Waals surface area contributed by atoms with Gasteiger partial charge in [-0.1, -0.05) is 103 Å². The lowest BCUT2D eigenvalue weighted by Gasteiger charge is -2.21. The number of fused-ring (bicyclic) bond motifs is 7. The molecule has 0 heterocycles. The van der Waals surface area contributed by atoms with Gasteiger partial charge in [-0.05, 0) is 113 Å². The molecule has 0 spiro atoms. The van der Waals surface area contributed by atoms with Crippen molar-refractivity contribution in [2.24, 2.45) is 0 Å². The summed E-state index contributed by atoms with van der Waals surface area (Å²) in [5, 5.41) is 45.4. The van der Waals surface area contributed by atoms with E-state index in [2.05, 4.69) is 121 Å². The fourth-order valence-corrected chi connectivity index (χ4v) is 8.00. The number of nitriles is 4. The zero-order chi connectivity index (χ0) is 33.9. The summed E-state index contributed by atoms with van der Waals surface area (Å²) in [6, 6.07) is 48.4. The molecule has 3 aliphatic rings. The van der Waals surface area contributed by atoms with E-state index in [9.17, 15) is 21.0 Å². The molecule has 0 N–H and O–H groups in total. The maximum absolute atomic E-state index is 10.2. The van der Waals surface area contributed by atoms with Crippen LogP contribution in [0.25, 0.3) is 60.5 Å². The van der Waals surface area contributed by atoms with Crippen LogP contribution in [0.5, 0.6) is 0 Å². The zero-order valence-electron chi connectivity index (χ0n) is 26.7. The molecule has 3 aliphatic carbocycles. The molecule has 0 radical (unpaired) electrons. The number of hydrogen-bond donors (Lipinski definition) is 0. The van der Waals surface area contributed by atoms with Crippen LogP contribution in [0, 0.1) is 45.3 Å². The number of hydrogen-bond acceptors (Lipinski definition) is 4. The van der Waals surface area contributed by atoms with Crippen molar-refractivity contribution in [2.75, 3.05) is 0 Å². The highest BCUT2D eigenvalue weighted by Crippen LogP contribution is 2.55. The van der Waals surface area contributed by atoms with Gasteiger partial charge in [-0.15, -0.1) is 0 Å². The Morgan fingerprint density at radius 3 is 1.76 bits per heavy atom. The molecule has 4 nitrogen and oxygen atoms in total. The summed E-state index contributed by atoms with van der Waals surface area (Å²) in [4.78, 5) is 0. The van der Waals surface area contributed by atoms with Crippen molar-refractivity contribution in [2.45, 2.75) is 12.3 Å². The Morgan fingerprint density at radius 1 is 0.480 bits per heavy atom. The summed E-state index contributed by atoms with van der Waals surface area (Å²) in [6.45, 7) is 0. The summed E-state index contributed by atoms with van der Waals surface area (Å²) in [6.07, 6.45) is 5.00. The van der Waals surface area contributed by atoms with Gasteiger partial charge in [0.25, 0.3) is 0 Å². The van der Waals surface area contributed by atoms with Gasteiger partial charge in [-0.2, -0.15) is 21.0 Å². The fraction of sp³-hybridized carbons (Fsp3) is 0.0435. The van der Waals surface area contributed by atoms with Crippen LogP contribution in [0.15, 0.2) is 144 Å². The first-order chi connectivity index (χ1) is 24.6. The number of nitrogens with zero attached hydrogens (tertiary/aromatic N) is 4. The van der Waals surface area contributed by atoms with E-state index >= 15 is 0 Å². The van der Waals surface area contributed by atoms with Crippen LogP contribution in [-0.2, 0) is 0 Å². The van der Waals surface area contributed by atoms with Gasteiger partial charge in [0.05, 0.1) is 0 Å². The normalized spacial score (nSPS) is 15.0. The fourth-order valence-electron chi connectivity index (χ4n) is 8.00. The Bertz CT molecular complexity index is 2800. The second-order valence-electron chi connectivity index (χ2n) is 12.9. The van der Waals surface area contributed by atoms with E-state index in [-0.39, 0.29) is 17.1 Å². The number of rotatable bonds is 2. The molecule has 6 aromatic rings. The van der Waals surface area contributed by atoms with Crippen molar-refractivity contribution in [3.8, 4) is 46.5 Å². The van der Waals surface area contributed by atoms with E-state index in [4.69, 9.17) is 0 Å². The van der Waals surface area contributed by atoms with Crippen LogP contribution in [-0.4, -0.2) is 0 Å². The van der Waals surface area contributed by atoms with Gasteiger partial charge in [0.2, 0.25) is 0 Å². The summed E-state index contributed by atoms with van der Waals surface area (Å²) in [7, 11) is 0. The van der Waals surface area contributed by atoms with Gasteiger partial charge in [0.15, 0.2) is 0 Å². The lowest BCUT2D eigenvalue weighted by Crippen LogP contribution is -2.03. The second-order valence-corrected chi connectivity index (χ2v) is 12.9. The van der Waals surface area contributed by atoms with E-state index < -0.39 is 0 Å². The third-order valence-corrected chi connectivity index (χ3v) is 10.3. The second kappa shape index (κ2) is 11.2. The Kier molecular flexibility index (Phi) is 6.47. The zero-order valence-corrected chi connectivity index (χ0v) is 26.7. The molecular weight excluding hydrogens is 609 g/mol. The van der Waals surface area contributed by atoms with Crippen LogP contribution in [0.2, 0.25) is 0 Å². The highest BCUT2D eigenvalue weighted by atomic mass is 14.4. The van der Waals surface area contributed by atoms with Crippen LogP contribution in [0.4, 0.5) is 0 Å². The van der Waals surface area contributed by atoms with Crippen molar-refractivity contribution < 1.29 is 0 Å². The molecule has 50 heavy (non-hydrogen) atoms. The standard InChI is InChI=1S/C46H24N4/c47-23-35(24-48)45-41-19-33(31-11-9-27-5-1-3-7-29(27)17-31)13-15-37(41)39-21-40-38-16-14-34(32-12-10-28-6-2-4-8-30(28)18-32)20-42(38)46(36(25-49)26-50)44(40)22-43(39)45/h1-19,21-22,34H,20H2. The first-order valence-corrected chi connectivity index (χ1v) is 16.4. The predicted octanol–water partition coefficient (Wildman–Crippen LogP) is 10.8. The highest BCUT2D eigenvalue weighted by molar-refractivity contribution is 6.12. The molecule has 0 bridgehead atoms. The summed E-state index contributed by atoms with van der Waals surface area (Å²) in [5.74, 6) is 0.0710. The Hall–Kier alpha value is -7.24. The molecule has 1 unspecified atom stereocenters. The molecule has 0 saturated carbocycles. The van der Waals surface area contributed by atoms with Gasteiger partial charge >= 0.3 is 0 Å². The van der Waals surface area contributed by atoms with Gasteiger partial charge in [0.1, 0.15) is 35.4 Å². The largest absolute Gasteiger partial charge is 0.192 e. The smallest absolute Gasteiger partial charge is 0.138 e. The highest BCUT2D eigenvalue weighted by Gasteiger charge is 2.36. The molecule has 0 fully saturated rings. The average molecular weight is 633 g/mol. The van der Waals surface area contributed by atoms with Crippen molar-refractivity contribution in [1.82, 2.24) is 0 Å². The Labute approximate surface area is 289 Å². The minimum absolute atomic E-state index is 0.0268. The van der Waals surface area contributed by atoms with Crippen LogP contribution >= 0.6 is 0 Å². The molecule has 0 saturated heterocycles. The maximum Gasteiger partial charge on any atom is 0.138 e. The van der Waals surface area contributed by atoms with Gasteiger partial charge in [-0.25, -0.2) is 0 Å². The lowest BCUT2D eigenvalue weighted by atomic mass is 9.82. The molecule has 6 aromatic carbocycles. The first kappa shape index (κ1) is 28.9. The molecule has 4 heteroatoms. The maximum atomic E-state index is 10.2. The Balaban J connectivity index is 1.21. The van der Waals surface area contributed by atoms with E-state index in [1.165, 1.54) is 16.3 Å². The van der Waals surface area contributed by atoms with Gasteiger partial charge in [0, 0.05) is 17.1 Å². The molecule has 0 aliphatic heterocycles. The van der Waals surface area contributed by atoms with Crippen LogP contribution < -0.4 is 0 Å².